The largest absolute Gasteiger partial charge is 0.295 e. The second-order valence-electron chi connectivity index (χ2n) is 2.96. The van der Waals surface area contributed by atoms with Crippen LogP contribution in [0.1, 0.15) is 24.0 Å². The fourth-order valence-electron chi connectivity index (χ4n) is 1.05. The molecule has 0 atom stereocenters. The average molecular weight is 218 g/mol. The fourth-order valence-corrected chi connectivity index (χ4v) is 1.60. The number of aliphatic imine (C=N–C) groups is 1. The Morgan fingerprint density at radius 1 is 1.67 bits per heavy atom. The molecule has 0 fully saturated rings. The summed E-state index contributed by atoms with van der Waals surface area (Å²) in [6, 6.07) is 0. The zero-order valence-electron chi connectivity index (χ0n) is 9.24. The number of thiazole rings is 1. The lowest BCUT2D eigenvalue weighted by Gasteiger charge is -1.86. The van der Waals surface area contributed by atoms with E-state index in [1.807, 2.05) is 12.3 Å². The smallest absolute Gasteiger partial charge is 0.124 e. The molecule has 1 aromatic heterocycles. The van der Waals surface area contributed by atoms with Crippen molar-refractivity contribution >= 4 is 17.6 Å². The van der Waals surface area contributed by atoms with Crippen molar-refractivity contribution in [3.63, 3.8) is 0 Å². The van der Waals surface area contributed by atoms with Gasteiger partial charge in [-0.15, -0.1) is 11.3 Å². The molecule has 0 amide bonds. The maximum atomic E-state index is 4.28. The molecule has 15 heavy (non-hydrogen) atoms. The van der Waals surface area contributed by atoms with Crippen molar-refractivity contribution in [3.8, 4) is 11.8 Å². The fraction of sp³-hybridized carbons (Fsp3) is 0.333. The number of rotatable bonds is 2. The molecule has 1 aromatic rings. The van der Waals surface area contributed by atoms with Gasteiger partial charge in [0.15, 0.2) is 0 Å². The first-order chi connectivity index (χ1) is 7.26. The molecule has 2 nitrogen and oxygen atoms in total. The van der Waals surface area contributed by atoms with Crippen LogP contribution >= 0.6 is 11.3 Å². The van der Waals surface area contributed by atoms with Crippen LogP contribution in [0.4, 0.5) is 0 Å². The highest BCUT2D eigenvalue weighted by Crippen LogP contribution is 2.06. The van der Waals surface area contributed by atoms with E-state index in [1.165, 1.54) is 0 Å². The number of allylic oxidation sites excluding steroid dienone is 2. The molecule has 0 aliphatic rings. The van der Waals surface area contributed by atoms with Gasteiger partial charge in [-0.3, -0.25) is 4.99 Å². The van der Waals surface area contributed by atoms with E-state index in [-0.39, 0.29) is 0 Å². The second-order valence-corrected chi connectivity index (χ2v) is 4.02. The van der Waals surface area contributed by atoms with Crippen molar-refractivity contribution in [1.82, 2.24) is 4.98 Å². The molecule has 0 unspecified atom stereocenters. The van der Waals surface area contributed by atoms with Gasteiger partial charge in [0.25, 0.3) is 0 Å². The van der Waals surface area contributed by atoms with Gasteiger partial charge in [0.05, 0.1) is 5.01 Å². The van der Waals surface area contributed by atoms with Gasteiger partial charge in [-0.2, -0.15) is 0 Å². The van der Waals surface area contributed by atoms with Gasteiger partial charge < -0.3 is 0 Å². The van der Waals surface area contributed by atoms with Crippen LogP contribution in [0.25, 0.3) is 0 Å². The van der Waals surface area contributed by atoms with Crippen LogP contribution < -0.4 is 0 Å². The molecule has 0 N–H and O–H groups in total. The third-order valence-electron chi connectivity index (χ3n) is 1.65. The first-order valence-corrected chi connectivity index (χ1v) is 5.70. The summed E-state index contributed by atoms with van der Waals surface area (Å²) < 4.78 is 0. The van der Waals surface area contributed by atoms with Crippen LogP contribution in [0.5, 0.6) is 0 Å². The quantitative estimate of drug-likeness (QED) is 0.553. The Morgan fingerprint density at radius 2 is 2.47 bits per heavy atom. The highest BCUT2D eigenvalue weighted by Gasteiger charge is 1.92. The highest BCUT2D eigenvalue weighted by atomic mass is 32.1. The van der Waals surface area contributed by atoms with E-state index in [9.17, 15) is 0 Å². The van der Waals surface area contributed by atoms with E-state index >= 15 is 0 Å². The van der Waals surface area contributed by atoms with Crippen LogP contribution in [-0.4, -0.2) is 18.2 Å². The van der Waals surface area contributed by atoms with Crippen molar-refractivity contribution < 1.29 is 0 Å². The highest BCUT2D eigenvalue weighted by molar-refractivity contribution is 7.09. The minimum absolute atomic E-state index is 0.837. The standard InChI is InChI=1S/C12H14N2S/c1-4-5-11(8-13-3)6-7-12-9-15-10(2)14-12/h5,8-9H,4H2,1-3H3/b11-5-,13-8?. The second kappa shape index (κ2) is 6.15. The molecule has 0 aliphatic carbocycles. The predicted octanol–water partition coefficient (Wildman–Crippen LogP) is 2.84. The van der Waals surface area contributed by atoms with Gasteiger partial charge in [-0.1, -0.05) is 18.9 Å². The maximum absolute atomic E-state index is 4.28. The molecule has 0 bridgehead atoms. The summed E-state index contributed by atoms with van der Waals surface area (Å²) in [5.74, 6) is 6.08. The van der Waals surface area contributed by atoms with Gasteiger partial charge >= 0.3 is 0 Å². The predicted molar refractivity (Wildman–Crippen MR) is 66.5 cm³/mol. The van der Waals surface area contributed by atoms with Gasteiger partial charge in [0.2, 0.25) is 0 Å². The Hall–Kier alpha value is -1.40. The lowest BCUT2D eigenvalue weighted by Crippen LogP contribution is -1.81. The number of aryl methyl sites for hydroxylation is 1. The maximum Gasteiger partial charge on any atom is 0.124 e. The summed E-state index contributed by atoms with van der Waals surface area (Å²) in [4.78, 5) is 8.23. The third-order valence-corrected chi connectivity index (χ3v) is 2.42. The van der Waals surface area contributed by atoms with Crippen molar-refractivity contribution in [2.45, 2.75) is 20.3 Å². The Bertz CT molecular complexity index is 430. The summed E-state index contributed by atoms with van der Waals surface area (Å²) >= 11 is 1.62. The molecular formula is C12H14N2S. The number of aromatic nitrogens is 1. The van der Waals surface area contributed by atoms with Crippen molar-refractivity contribution in [2.24, 2.45) is 4.99 Å². The minimum atomic E-state index is 0.837. The molecule has 0 radical (unpaired) electrons. The van der Waals surface area contributed by atoms with Crippen molar-refractivity contribution in [3.05, 3.63) is 27.7 Å². The van der Waals surface area contributed by atoms with E-state index in [4.69, 9.17) is 0 Å². The zero-order valence-corrected chi connectivity index (χ0v) is 10.1. The Morgan fingerprint density at radius 3 is 3.00 bits per heavy atom. The lowest BCUT2D eigenvalue weighted by molar-refractivity contribution is 1.22. The van der Waals surface area contributed by atoms with Crippen LogP contribution in [-0.2, 0) is 0 Å². The molecule has 0 aromatic carbocycles. The summed E-state index contributed by atoms with van der Waals surface area (Å²) in [6.07, 6.45) is 4.79. The normalized spacial score (nSPS) is 11.5. The van der Waals surface area contributed by atoms with Crippen LogP contribution in [0.2, 0.25) is 0 Å². The number of nitrogens with zero attached hydrogens (tertiary/aromatic N) is 2. The Labute approximate surface area is 94.8 Å². The molecule has 3 heteroatoms. The molecule has 78 valence electrons. The summed E-state index contributed by atoms with van der Waals surface area (Å²) in [6.45, 7) is 4.06. The van der Waals surface area contributed by atoms with E-state index in [0.29, 0.717) is 0 Å². The SMILES string of the molecule is CC/C=C(/C#Cc1csc(C)n1)C=NC. The molecule has 0 aliphatic heterocycles. The van der Waals surface area contributed by atoms with Crippen molar-refractivity contribution in [2.75, 3.05) is 7.05 Å². The zero-order chi connectivity index (χ0) is 11.1. The van der Waals surface area contributed by atoms with Crippen LogP contribution in [0, 0.1) is 18.8 Å². The number of hydrogen-bond donors (Lipinski definition) is 0. The minimum Gasteiger partial charge on any atom is -0.295 e. The van der Waals surface area contributed by atoms with Gasteiger partial charge in [0, 0.05) is 24.2 Å². The monoisotopic (exact) mass is 218 g/mol. The van der Waals surface area contributed by atoms with Gasteiger partial charge in [-0.05, 0) is 19.3 Å². The molecule has 0 saturated carbocycles. The number of hydrogen-bond acceptors (Lipinski definition) is 3. The first-order valence-electron chi connectivity index (χ1n) is 4.82. The van der Waals surface area contributed by atoms with Crippen LogP contribution in [0.3, 0.4) is 0 Å². The average Bonchev–Trinajstić information content (AvgIpc) is 2.61. The Balaban J connectivity index is 2.83. The van der Waals surface area contributed by atoms with E-state index in [2.05, 4.69) is 34.8 Å². The lowest BCUT2D eigenvalue weighted by atomic mass is 10.2. The van der Waals surface area contributed by atoms with Crippen molar-refractivity contribution in [1.29, 1.82) is 0 Å². The molecule has 0 saturated heterocycles. The molecule has 1 heterocycles. The third kappa shape index (κ3) is 4.09. The van der Waals surface area contributed by atoms with E-state index in [0.717, 1.165) is 22.7 Å². The van der Waals surface area contributed by atoms with Crippen LogP contribution in [0.15, 0.2) is 22.0 Å². The van der Waals surface area contributed by atoms with E-state index < -0.39 is 0 Å². The summed E-state index contributed by atoms with van der Waals surface area (Å²) in [7, 11) is 1.75. The van der Waals surface area contributed by atoms with E-state index in [1.54, 1.807) is 24.6 Å². The molecular weight excluding hydrogens is 204 g/mol. The first kappa shape index (κ1) is 11.7. The summed E-state index contributed by atoms with van der Waals surface area (Å²) in [5, 5.41) is 3.01. The molecule has 0 spiro atoms. The Kier molecular flexibility index (Phi) is 4.79. The van der Waals surface area contributed by atoms with Gasteiger partial charge in [0.1, 0.15) is 5.69 Å². The topological polar surface area (TPSA) is 25.2 Å². The summed E-state index contributed by atoms with van der Waals surface area (Å²) in [5.41, 5.74) is 1.79. The molecule has 1 rings (SSSR count). The van der Waals surface area contributed by atoms with Gasteiger partial charge in [-0.25, -0.2) is 4.98 Å².